The molecular weight excluding hydrogens is 699 g/mol. The van der Waals surface area contributed by atoms with Crippen molar-refractivity contribution >= 4 is 44.1 Å². The Morgan fingerprint density at radius 1 is 0.980 bits per heavy atom. The molecule has 0 radical (unpaired) electrons. The number of anilines is 1. The highest BCUT2D eigenvalue weighted by Gasteiger charge is 2.31. The number of aliphatic hydroxyl groups is 1. The Bertz CT molecular complexity index is 1900. The van der Waals surface area contributed by atoms with Crippen LogP contribution in [0.3, 0.4) is 0 Å². The number of thiazole rings is 1. The summed E-state index contributed by atoms with van der Waals surface area (Å²) in [5, 5.41) is 22.2. The van der Waals surface area contributed by atoms with E-state index in [9.17, 15) is 28.4 Å². The van der Waals surface area contributed by atoms with E-state index >= 15 is 0 Å². The summed E-state index contributed by atoms with van der Waals surface area (Å²) in [4.78, 5) is 21.1. The number of benzene rings is 3. The average molecular weight is 732 g/mol. The Morgan fingerprint density at radius 2 is 1.66 bits per heavy atom. The standard InChI is InChI=1S/C34H33ClF3N5O6S/c35-32-40-31(43(45)46)19-42(32)16-13-25(44)21-48-28-9-10-29-30(18-28)50-33(39-29)41-14-11-23(12-15-41)17-22-1-5-26(6-2-22)47-20-24-3-7-27(8-4-24)49-34(36,37)38/h1-10,18-19,23,25,44H,11-17,20-21H2/t25-/m0/s1. The number of hydrogen-bond acceptors (Lipinski definition) is 10. The van der Waals surface area contributed by atoms with Gasteiger partial charge in [0.2, 0.25) is 0 Å². The Morgan fingerprint density at radius 3 is 2.34 bits per heavy atom. The summed E-state index contributed by atoms with van der Waals surface area (Å²) in [5.74, 6) is 1.23. The smallest absolute Gasteiger partial charge is 0.491 e. The molecule has 0 bridgehead atoms. The monoisotopic (exact) mass is 731 g/mol. The second kappa shape index (κ2) is 15.5. The molecule has 16 heteroatoms. The van der Waals surface area contributed by atoms with Crippen LogP contribution in [0.1, 0.15) is 30.4 Å². The van der Waals surface area contributed by atoms with E-state index in [4.69, 9.17) is 26.1 Å². The van der Waals surface area contributed by atoms with Gasteiger partial charge in [0.25, 0.3) is 0 Å². The molecule has 0 saturated carbocycles. The van der Waals surface area contributed by atoms with E-state index in [1.165, 1.54) is 28.5 Å². The van der Waals surface area contributed by atoms with E-state index in [0.29, 0.717) is 17.4 Å². The summed E-state index contributed by atoms with van der Waals surface area (Å²) in [6.07, 6.45) is -0.984. The average Bonchev–Trinajstić information content (AvgIpc) is 3.69. The Hall–Kier alpha value is -4.60. The second-order valence-corrected chi connectivity index (χ2v) is 13.3. The highest BCUT2D eigenvalue weighted by molar-refractivity contribution is 7.22. The van der Waals surface area contributed by atoms with Gasteiger partial charge in [-0.15, -0.1) is 13.2 Å². The van der Waals surface area contributed by atoms with Gasteiger partial charge in [0.1, 0.15) is 36.7 Å². The van der Waals surface area contributed by atoms with Crippen LogP contribution in [0.2, 0.25) is 5.28 Å². The molecule has 3 aromatic carbocycles. The molecule has 0 amide bonds. The van der Waals surface area contributed by atoms with Crippen molar-refractivity contribution in [3.63, 3.8) is 0 Å². The van der Waals surface area contributed by atoms with Crippen molar-refractivity contribution in [3.8, 4) is 17.2 Å². The van der Waals surface area contributed by atoms with Crippen molar-refractivity contribution < 1.29 is 37.4 Å². The van der Waals surface area contributed by atoms with Crippen LogP contribution >= 0.6 is 22.9 Å². The number of aliphatic hydroxyl groups excluding tert-OH is 1. The molecule has 1 fully saturated rings. The molecule has 50 heavy (non-hydrogen) atoms. The van der Waals surface area contributed by atoms with Gasteiger partial charge in [0.05, 0.1) is 16.3 Å². The zero-order valence-corrected chi connectivity index (χ0v) is 28.2. The number of alkyl halides is 3. The quantitative estimate of drug-likeness (QED) is 0.0899. The molecule has 11 nitrogen and oxygen atoms in total. The molecule has 3 heterocycles. The fourth-order valence-corrected chi connectivity index (χ4v) is 6.91. The number of aryl methyl sites for hydroxylation is 1. The van der Waals surface area contributed by atoms with Crippen molar-refractivity contribution in [1.29, 1.82) is 0 Å². The van der Waals surface area contributed by atoms with Crippen LogP contribution in [-0.2, 0) is 19.6 Å². The van der Waals surface area contributed by atoms with Crippen molar-refractivity contribution in [2.24, 2.45) is 5.92 Å². The molecule has 264 valence electrons. The van der Waals surface area contributed by atoms with Crippen LogP contribution in [-0.4, -0.2) is 56.7 Å². The van der Waals surface area contributed by atoms with Crippen molar-refractivity contribution in [1.82, 2.24) is 14.5 Å². The number of nitrogens with zero attached hydrogens (tertiary/aromatic N) is 5. The summed E-state index contributed by atoms with van der Waals surface area (Å²) >= 11 is 7.55. The number of piperidine rings is 1. The topological polar surface area (TPSA) is 125 Å². The maximum atomic E-state index is 12.4. The predicted molar refractivity (Wildman–Crippen MR) is 182 cm³/mol. The minimum Gasteiger partial charge on any atom is -0.491 e. The lowest BCUT2D eigenvalue weighted by Gasteiger charge is -2.31. The van der Waals surface area contributed by atoms with Gasteiger partial charge >= 0.3 is 17.5 Å². The second-order valence-electron chi connectivity index (χ2n) is 12.0. The third-order valence-electron chi connectivity index (χ3n) is 8.29. The van der Waals surface area contributed by atoms with Crippen LogP contribution in [0.5, 0.6) is 17.2 Å². The fourth-order valence-electron chi connectivity index (χ4n) is 5.64. The molecule has 2 aromatic heterocycles. The third-order valence-corrected chi connectivity index (χ3v) is 9.67. The molecule has 1 N–H and O–H groups in total. The molecule has 1 aliphatic heterocycles. The number of halogens is 4. The maximum Gasteiger partial charge on any atom is 0.573 e. The minimum atomic E-state index is -4.72. The van der Waals surface area contributed by atoms with Crippen LogP contribution in [0, 0.1) is 16.0 Å². The van der Waals surface area contributed by atoms with E-state index in [0.717, 1.165) is 53.3 Å². The van der Waals surface area contributed by atoms with Gasteiger partial charge in [0.15, 0.2) is 5.13 Å². The van der Waals surface area contributed by atoms with Gasteiger partial charge in [-0.05, 0) is 107 Å². The normalized spacial score (nSPS) is 14.5. The summed E-state index contributed by atoms with van der Waals surface area (Å²) in [6, 6.07) is 19.2. The van der Waals surface area contributed by atoms with Gasteiger partial charge in [-0.3, -0.25) is 4.57 Å². The van der Waals surface area contributed by atoms with Gasteiger partial charge in [0, 0.05) is 19.6 Å². The van der Waals surface area contributed by atoms with Gasteiger partial charge in [-0.25, -0.2) is 4.98 Å². The Kier molecular flexibility index (Phi) is 10.9. The SMILES string of the molecule is O=[N+]([O-])c1cn(CC[C@H](O)COc2ccc3nc(N4CCC(Cc5ccc(OCc6ccc(OC(F)(F)F)cc6)cc5)CC4)sc3c2)c(Cl)n1. The van der Waals surface area contributed by atoms with Gasteiger partial charge < -0.3 is 34.3 Å². The predicted octanol–water partition coefficient (Wildman–Crippen LogP) is 7.82. The van der Waals surface area contributed by atoms with Crippen LogP contribution in [0.15, 0.2) is 72.9 Å². The lowest BCUT2D eigenvalue weighted by atomic mass is 9.90. The van der Waals surface area contributed by atoms with Gasteiger partial charge in [-0.2, -0.15) is 0 Å². The number of imidazole rings is 1. The van der Waals surface area contributed by atoms with Crippen molar-refractivity contribution in [2.75, 3.05) is 24.6 Å². The molecule has 1 saturated heterocycles. The van der Waals surface area contributed by atoms with Gasteiger partial charge in [-0.1, -0.05) is 35.6 Å². The molecule has 0 aliphatic carbocycles. The third kappa shape index (κ3) is 9.55. The first-order chi connectivity index (χ1) is 24.0. The van der Waals surface area contributed by atoms with Crippen molar-refractivity contribution in [2.45, 2.75) is 51.3 Å². The molecule has 1 aliphatic rings. The Labute approximate surface area is 294 Å². The number of aromatic nitrogens is 3. The zero-order valence-electron chi connectivity index (χ0n) is 26.6. The number of fused-ring (bicyclic) bond motifs is 1. The van der Waals surface area contributed by atoms with E-state index < -0.39 is 17.4 Å². The highest BCUT2D eigenvalue weighted by Crippen LogP contribution is 2.34. The Balaban J connectivity index is 0.929. The first-order valence-electron chi connectivity index (χ1n) is 15.9. The molecule has 0 spiro atoms. The summed E-state index contributed by atoms with van der Waals surface area (Å²) < 4.78 is 55.0. The largest absolute Gasteiger partial charge is 0.573 e. The molecule has 1 atom stereocenters. The molecule has 6 rings (SSSR count). The molecule has 0 unspecified atom stereocenters. The van der Waals surface area contributed by atoms with Crippen LogP contribution in [0.4, 0.5) is 24.1 Å². The summed E-state index contributed by atoms with van der Waals surface area (Å²) in [6.45, 7) is 2.34. The molecular formula is C34H33ClF3N5O6S. The van der Waals surface area contributed by atoms with E-state index in [-0.39, 0.29) is 43.0 Å². The highest BCUT2D eigenvalue weighted by atomic mass is 35.5. The van der Waals surface area contributed by atoms with Crippen LogP contribution < -0.4 is 19.1 Å². The van der Waals surface area contributed by atoms with Crippen molar-refractivity contribution in [3.05, 3.63) is 99.5 Å². The number of nitro groups is 1. The number of rotatable bonds is 14. The number of ether oxygens (including phenoxy) is 3. The summed E-state index contributed by atoms with van der Waals surface area (Å²) in [7, 11) is 0. The fraction of sp³-hybridized carbons (Fsp3) is 0.353. The number of hydrogen-bond donors (Lipinski definition) is 1. The first kappa shape index (κ1) is 35.2. The first-order valence-corrected chi connectivity index (χ1v) is 17.1. The maximum absolute atomic E-state index is 12.4. The summed E-state index contributed by atoms with van der Waals surface area (Å²) in [5.41, 5.74) is 2.83. The van der Waals surface area contributed by atoms with E-state index in [1.54, 1.807) is 23.5 Å². The lowest BCUT2D eigenvalue weighted by Crippen LogP contribution is -2.34. The van der Waals surface area contributed by atoms with E-state index in [2.05, 4.69) is 26.8 Å². The lowest BCUT2D eigenvalue weighted by molar-refractivity contribution is -0.389. The minimum absolute atomic E-state index is 0.00764. The zero-order chi connectivity index (χ0) is 35.3. The van der Waals surface area contributed by atoms with Crippen LogP contribution in [0.25, 0.3) is 10.2 Å². The molecule has 5 aromatic rings. The van der Waals surface area contributed by atoms with E-state index in [1.807, 2.05) is 30.3 Å².